The lowest BCUT2D eigenvalue weighted by Gasteiger charge is -2.29. The first-order valence-corrected chi connectivity index (χ1v) is 13.3. The molecule has 0 heterocycles. The highest BCUT2D eigenvalue weighted by molar-refractivity contribution is 6.03. The minimum absolute atomic E-state index is 0.0168. The second kappa shape index (κ2) is 7.43. The van der Waals surface area contributed by atoms with E-state index in [0.29, 0.717) is 0 Å². The van der Waals surface area contributed by atoms with Crippen molar-refractivity contribution >= 4 is 10.8 Å². The van der Waals surface area contributed by atoms with Crippen LogP contribution >= 0.6 is 0 Å². The normalized spacial score (nSPS) is 18.6. The lowest BCUT2D eigenvalue weighted by atomic mass is 9.74. The third kappa shape index (κ3) is 2.76. The third-order valence-electron chi connectivity index (χ3n) is 9.22. The molecule has 1 atom stereocenters. The van der Waals surface area contributed by atoms with Crippen LogP contribution in [0.2, 0.25) is 0 Å². The highest BCUT2D eigenvalue weighted by atomic mass is 14.4. The minimum atomic E-state index is -0.0168. The summed E-state index contributed by atoms with van der Waals surface area (Å²) in [6, 6.07) is 36.5. The summed E-state index contributed by atoms with van der Waals surface area (Å²) in [4.78, 5) is 0. The fourth-order valence-corrected chi connectivity index (χ4v) is 7.30. The Morgan fingerprint density at radius 2 is 1.17 bits per heavy atom. The molecule has 0 aliphatic heterocycles. The van der Waals surface area contributed by atoms with Gasteiger partial charge in [0.25, 0.3) is 0 Å². The Labute approximate surface area is 214 Å². The number of fused-ring (bicyclic) bond motifs is 8. The molecular formula is C36H32. The topological polar surface area (TPSA) is 0 Å². The second-order valence-electron chi connectivity index (χ2n) is 11.5. The maximum Gasteiger partial charge on any atom is 0.0190 e. The first-order chi connectivity index (χ1) is 17.4. The van der Waals surface area contributed by atoms with Gasteiger partial charge in [0.1, 0.15) is 0 Å². The van der Waals surface area contributed by atoms with Gasteiger partial charge in [-0.05, 0) is 86.2 Å². The van der Waals surface area contributed by atoms with Crippen LogP contribution in [-0.4, -0.2) is 0 Å². The van der Waals surface area contributed by atoms with E-state index in [4.69, 9.17) is 0 Å². The van der Waals surface area contributed by atoms with E-state index in [1.165, 1.54) is 66.4 Å². The third-order valence-corrected chi connectivity index (χ3v) is 9.22. The number of hydrogen-bond donors (Lipinski definition) is 0. The highest BCUT2D eigenvalue weighted by Gasteiger charge is 2.41. The Kier molecular flexibility index (Phi) is 4.47. The van der Waals surface area contributed by atoms with Crippen molar-refractivity contribution in [1.82, 2.24) is 0 Å². The molecule has 5 aromatic carbocycles. The molecule has 0 radical (unpaired) electrons. The van der Waals surface area contributed by atoms with Gasteiger partial charge in [-0.25, -0.2) is 0 Å². The molecule has 0 nitrogen and oxygen atoms in total. The molecule has 1 unspecified atom stereocenters. The van der Waals surface area contributed by atoms with Gasteiger partial charge in [0.05, 0.1) is 0 Å². The molecule has 0 N–H and O–H groups in total. The van der Waals surface area contributed by atoms with Crippen LogP contribution in [0.5, 0.6) is 0 Å². The average molecular weight is 465 g/mol. The lowest BCUT2D eigenvalue weighted by Crippen LogP contribution is -2.22. The Balaban J connectivity index is 1.38. The molecular weight excluding hydrogens is 432 g/mol. The van der Waals surface area contributed by atoms with Crippen LogP contribution in [0, 0.1) is 6.92 Å². The first kappa shape index (κ1) is 21.6. The SMILES string of the molecule is Cc1cc2c(c3ccccc13)-c1ccccc1C2(C)CCc1cccc2c1-c1ccccc1C2(C)C. The van der Waals surface area contributed by atoms with E-state index < -0.39 is 0 Å². The maximum atomic E-state index is 2.48. The van der Waals surface area contributed by atoms with Crippen molar-refractivity contribution in [2.24, 2.45) is 0 Å². The van der Waals surface area contributed by atoms with Crippen LogP contribution < -0.4 is 0 Å². The number of benzene rings is 5. The van der Waals surface area contributed by atoms with Crippen molar-refractivity contribution in [3.05, 3.63) is 130 Å². The van der Waals surface area contributed by atoms with Gasteiger partial charge in [-0.3, -0.25) is 0 Å². The van der Waals surface area contributed by atoms with Crippen LogP contribution in [0.25, 0.3) is 33.0 Å². The van der Waals surface area contributed by atoms with Gasteiger partial charge in [-0.1, -0.05) is 118 Å². The van der Waals surface area contributed by atoms with Crippen molar-refractivity contribution in [2.45, 2.75) is 51.4 Å². The molecule has 0 saturated heterocycles. The van der Waals surface area contributed by atoms with E-state index >= 15 is 0 Å². The van der Waals surface area contributed by atoms with Gasteiger partial charge >= 0.3 is 0 Å². The van der Waals surface area contributed by atoms with E-state index in [1.807, 2.05) is 0 Å². The van der Waals surface area contributed by atoms with E-state index in [1.54, 1.807) is 0 Å². The van der Waals surface area contributed by atoms with Crippen LogP contribution in [0.4, 0.5) is 0 Å². The number of rotatable bonds is 3. The summed E-state index contributed by atoms with van der Waals surface area (Å²) in [6.07, 6.45) is 2.15. The molecule has 0 bridgehead atoms. The number of hydrogen-bond acceptors (Lipinski definition) is 0. The fraction of sp³-hybridized carbons (Fsp3) is 0.222. The van der Waals surface area contributed by atoms with Crippen molar-refractivity contribution in [2.75, 3.05) is 0 Å². The van der Waals surface area contributed by atoms with Crippen molar-refractivity contribution in [3.63, 3.8) is 0 Å². The summed E-state index contributed by atoms with van der Waals surface area (Å²) in [7, 11) is 0. The van der Waals surface area contributed by atoms with E-state index in [-0.39, 0.29) is 10.8 Å². The molecule has 0 amide bonds. The summed E-state index contributed by atoms with van der Waals surface area (Å²) in [5, 5.41) is 2.76. The molecule has 0 heteroatoms. The molecule has 36 heavy (non-hydrogen) atoms. The quantitative estimate of drug-likeness (QED) is 0.249. The van der Waals surface area contributed by atoms with Gasteiger partial charge in [0.15, 0.2) is 0 Å². The second-order valence-corrected chi connectivity index (χ2v) is 11.5. The Bertz CT molecular complexity index is 1680. The van der Waals surface area contributed by atoms with Crippen molar-refractivity contribution in [3.8, 4) is 22.3 Å². The molecule has 0 fully saturated rings. The van der Waals surface area contributed by atoms with Crippen LogP contribution in [0.3, 0.4) is 0 Å². The minimum Gasteiger partial charge on any atom is -0.0619 e. The zero-order valence-corrected chi connectivity index (χ0v) is 21.7. The molecule has 176 valence electrons. The van der Waals surface area contributed by atoms with Crippen LogP contribution in [0.15, 0.2) is 97.1 Å². The van der Waals surface area contributed by atoms with Gasteiger partial charge in [-0.15, -0.1) is 0 Å². The number of aryl methyl sites for hydroxylation is 2. The summed E-state index contributed by atoms with van der Waals surface area (Å²) in [5.74, 6) is 0. The van der Waals surface area contributed by atoms with Gasteiger partial charge in [-0.2, -0.15) is 0 Å². The average Bonchev–Trinajstić information content (AvgIpc) is 3.29. The molecule has 7 rings (SSSR count). The molecule has 5 aromatic rings. The molecule has 0 aromatic heterocycles. The van der Waals surface area contributed by atoms with E-state index in [0.717, 1.165) is 12.8 Å². The highest BCUT2D eigenvalue weighted by Crippen LogP contribution is 2.55. The monoisotopic (exact) mass is 464 g/mol. The fourth-order valence-electron chi connectivity index (χ4n) is 7.30. The molecule has 2 aliphatic carbocycles. The van der Waals surface area contributed by atoms with E-state index in [2.05, 4.69) is 125 Å². The van der Waals surface area contributed by atoms with Crippen LogP contribution in [0.1, 0.15) is 60.6 Å². The summed E-state index contributed by atoms with van der Waals surface area (Å²) < 4.78 is 0. The molecule has 0 saturated carbocycles. The Morgan fingerprint density at radius 1 is 0.556 bits per heavy atom. The Morgan fingerprint density at radius 3 is 1.94 bits per heavy atom. The summed E-state index contributed by atoms with van der Waals surface area (Å²) >= 11 is 0. The smallest absolute Gasteiger partial charge is 0.0190 e. The molecule has 2 aliphatic rings. The first-order valence-electron chi connectivity index (χ1n) is 13.3. The van der Waals surface area contributed by atoms with Gasteiger partial charge < -0.3 is 0 Å². The Hall–Kier alpha value is -3.64. The van der Waals surface area contributed by atoms with Crippen molar-refractivity contribution < 1.29 is 0 Å². The zero-order valence-electron chi connectivity index (χ0n) is 21.7. The summed E-state index contributed by atoms with van der Waals surface area (Å²) in [6.45, 7) is 9.50. The largest absolute Gasteiger partial charge is 0.0619 e. The standard InChI is InChI=1S/C36H32/c1-23-22-32-34(26-14-6-5-13-25(23)26)28-16-8-10-18-30(28)36(32,4)21-20-24-12-11-19-31-33(24)27-15-7-9-17-29(27)35(31,2)3/h5-19,22H,20-21H2,1-4H3. The van der Waals surface area contributed by atoms with E-state index in [9.17, 15) is 0 Å². The summed E-state index contributed by atoms with van der Waals surface area (Å²) in [5.41, 5.74) is 14.5. The maximum absolute atomic E-state index is 2.48. The lowest BCUT2D eigenvalue weighted by molar-refractivity contribution is 0.532. The van der Waals surface area contributed by atoms with Crippen LogP contribution in [-0.2, 0) is 17.3 Å². The molecule has 0 spiro atoms. The predicted octanol–water partition coefficient (Wildman–Crippen LogP) is 9.37. The zero-order chi connectivity index (χ0) is 24.7. The predicted molar refractivity (Wildman–Crippen MR) is 153 cm³/mol. The van der Waals surface area contributed by atoms with Crippen molar-refractivity contribution in [1.29, 1.82) is 0 Å². The van der Waals surface area contributed by atoms with Gasteiger partial charge in [0.2, 0.25) is 0 Å². The van der Waals surface area contributed by atoms with Gasteiger partial charge in [0, 0.05) is 10.8 Å².